The van der Waals surface area contributed by atoms with E-state index >= 15 is 0 Å². The van der Waals surface area contributed by atoms with E-state index in [4.69, 9.17) is 0 Å². The fourth-order valence-electron chi connectivity index (χ4n) is 10.5. The molecule has 8 aromatic carbocycles. The topological polar surface area (TPSA) is 94.5 Å². The summed E-state index contributed by atoms with van der Waals surface area (Å²) >= 11 is 0. The van der Waals surface area contributed by atoms with E-state index in [1.165, 1.54) is 44.5 Å². The van der Waals surface area contributed by atoms with Gasteiger partial charge in [0.25, 0.3) is 0 Å². The molecule has 0 saturated carbocycles. The quantitative estimate of drug-likeness (QED) is 0.0937. The number of anilines is 6. The lowest BCUT2D eigenvalue weighted by Crippen LogP contribution is -2.16. The van der Waals surface area contributed by atoms with E-state index < -0.39 is 0 Å². The fraction of sp³-hybridized carbons (Fsp3) is 0.161. The second kappa shape index (κ2) is 17.7. The minimum absolute atomic E-state index is 0.0812. The standard InChI is InChI=1S/C62H52N4O2/c1-61(2)57-11-7-5-9-51(57)53-31-29-49(37-59(53)61)65(45-21-13-41(14-22-45)33-35-67)47-25-17-43(18-26-47)55(39-63)56(40-64)44-19-27-48(28-20-44)66(46-23-15-42(16-24-46)34-36-68)50-30-32-54-52-10-6-8-12-58(52)62(3,4)60(54)38-50/h5-32,37-38,67-68H,33-36H2,1-4H3/b56-55+. The molecule has 2 N–H and O–H groups in total. The van der Waals surface area contributed by atoms with Gasteiger partial charge in [-0.15, -0.1) is 0 Å². The Morgan fingerprint density at radius 3 is 1.04 bits per heavy atom. The Kier molecular flexibility index (Phi) is 11.4. The van der Waals surface area contributed by atoms with Gasteiger partial charge in [0.15, 0.2) is 0 Å². The molecule has 0 aromatic heterocycles. The maximum atomic E-state index is 10.7. The van der Waals surface area contributed by atoms with Crippen LogP contribution in [-0.4, -0.2) is 23.4 Å². The maximum absolute atomic E-state index is 10.7. The Morgan fingerprint density at radius 2 is 0.706 bits per heavy atom. The van der Waals surface area contributed by atoms with Crippen molar-refractivity contribution in [3.63, 3.8) is 0 Å². The molecule has 68 heavy (non-hydrogen) atoms. The van der Waals surface area contributed by atoms with Gasteiger partial charge in [-0.3, -0.25) is 0 Å². The number of allylic oxidation sites excluding steroid dienone is 2. The van der Waals surface area contributed by atoms with Crippen LogP contribution >= 0.6 is 0 Å². The third-order valence-corrected chi connectivity index (χ3v) is 14.1. The van der Waals surface area contributed by atoms with Crippen molar-refractivity contribution in [3.8, 4) is 34.4 Å². The van der Waals surface area contributed by atoms with Crippen molar-refractivity contribution in [2.75, 3.05) is 23.0 Å². The van der Waals surface area contributed by atoms with Gasteiger partial charge in [-0.2, -0.15) is 10.5 Å². The smallest absolute Gasteiger partial charge is 0.101 e. The van der Waals surface area contributed by atoms with Crippen molar-refractivity contribution >= 4 is 45.3 Å². The number of aliphatic hydroxyl groups is 2. The predicted molar refractivity (Wildman–Crippen MR) is 277 cm³/mol. The molecule has 0 bridgehead atoms. The Balaban J connectivity index is 1.00. The molecule has 8 aromatic rings. The van der Waals surface area contributed by atoms with E-state index in [0.717, 1.165) is 45.3 Å². The fourth-order valence-corrected chi connectivity index (χ4v) is 10.5. The van der Waals surface area contributed by atoms with Crippen LogP contribution in [0.3, 0.4) is 0 Å². The van der Waals surface area contributed by atoms with Gasteiger partial charge in [0.05, 0.1) is 11.1 Å². The minimum atomic E-state index is -0.183. The first-order valence-corrected chi connectivity index (χ1v) is 23.3. The molecular weight excluding hydrogens is 833 g/mol. The van der Waals surface area contributed by atoms with Crippen molar-refractivity contribution < 1.29 is 10.2 Å². The lowest BCUT2D eigenvalue weighted by Gasteiger charge is -2.28. The van der Waals surface area contributed by atoms with Gasteiger partial charge < -0.3 is 20.0 Å². The van der Waals surface area contributed by atoms with E-state index in [0.29, 0.717) is 35.1 Å². The Labute approximate surface area is 399 Å². The first kappa shape index (κ1) is 43.9. The molecule has 0 heterocycles. The van der Waals surface area contributed by atoms with Gasteiger partial charge in [-0.25, -0.2) is 0 Å². The number of nitrogens with zero attached hydrogens (tertiary/aromatic N) is 4. The molecule has 0 unspecified atom stereocenters. The Bertz CT molecular complexity index is 3090. The summed E-state index contributed by atoms with van der Waals surface area (Å²) in [5.74, 6) is 0. The Morgan fingerprint density at radius 1 is 0.397 bits per heavy atom. The summed E-state index contributed by atoms with van der Waals surface area (Å²) in [6.45, 7) is 9.29. The number of fused-ring (bicyclic) bond motifs is 6. The lowest BCUT2D eigenvalue weighted by molar-refractivity contribution is 0.299. The first-order chi connectivity index (χ1) is 33.0. The summed E-state index contributed by atoms with van der Waals surface area (Å²) in [7, 11) is 0. The van der Waals surface area contributed by atoms with E-state index in [2.05, 4.69) is 183 Å². The average molecular weight is 885 g/mol. The molecule has 0 saturated heterocycles. The van der Waals surface area contributed by atoms with E-state index in [1.54, 1.807) is 0 Å². The second-order valence-corrected chi connectivity index (χ2v) is 18.8. The zero-order valence-corrected chi connectivity index (χ0v) is 38.8. The third-order valence-electron chi connectivity index (χ3n) is 14.1. The molecule has 2 aliphatic rings. The number of hydrogen-bond acceptors (Lipinski definition) is 6. The van der Waals surface area contributed by atoms with Gasteiger partial charge in [-0.05, 0) is 152 Å². The van der Waals surface area contributed by atoms with Gasteiger partial charge in [0.2, 0.25) is 0 Å². The van der Waals surface area contributed by atoms with Crippen LogP contribution < -0.4 is 9.80 Å². The van der Waals surface area contributed by atoms with Crippen LogP contribution in [0.25, 0.3) is 33.4 Å². The molecule has 6 nitrogen and oxygen atoms in total. The summed E-state index contributed by atoms with van der Waals surface area (Å²) in [6.07, 6.45) is 1.16. The van der Waals surface area contributed by atoms with Gasteiger partial charge in [0, 0.05) is 58.2 Å². The van der Waals surface area contributed by atoms with Crippen LogP contribution in [-0.2, 0) is 23.7 Å². The summed E-state index contributed by atoms with van der Waals surface area (Å²) in [5.41, 5.74) is 19.5. The number of hydrogen-bond donors (Lipinski definition) is 2. The number of aliphatic hydroxyl groups excluding tert-OH is 2. The zero-order valence-electron chi connectivity index (χ0n) is 38.8. The summed E-state index contributed by atoms with van der Waals surface area (Å²) in [5, 5.41) is 40.7. The van der Waals surface area contributed by atoms with E-state index in [1.807, 2.05) is 48.5 Å². The highest BCUT2D eigenvalue weighted by atomic mass is 16.3. The molecule has 0 fully saturated rings. The largest absolute Gasteiger partial charge is 0.396 e. The van der Waals surface area contributed by atoms with Gasteiger partial charge >= 0.3 is 0 Å². The Hall–Kier alpha value is -8.00. The molecule has 0 atom stereocenters. The molecule has 10 rings (SSSR count). The van der Waals surface area contributed by atoms with Crippen molar-refractivity contribution in [2.45, 2.75) is 51.4 Å². The maximum Gasteiger partial charge on any atom is 0.101 e. The molecule has 0 spiro atoms. The highest BCUT2D eigenvalue weighted by molar-refractivity contribution is 6.03. The molecule has 0 radical (unpaired) electrons. The summed E-state index contributed by atoms with van der Waals surface area (Å²) in [6, 6.07) is 67.7. The number of benzene rings is 8. The highest BCUT2D eigenvalue weighted by Crippen LogP contribution is 2.52. The lowest BCUT2D eigenvalue weighted by atomic mass is 9.82. The zero-order chi connectivity index (χ0) is 47.2. The molecular formula is C62H52N4O2. The van der Waals surface area contributed by atoms with Crippen molar-refractivity contribution in [1.29, 1.82) is 10.5 Å². The number of nitriles is 2. The third kappa shape index (κ3) is 7.55. The summed E-state index contributed by atoms with van der Waals surface area (Å²) < 4.78 is 0. The van der Waals surface area contributed by atoms with Crippen LogP contribution in [0, 0.1) is 22.7 Å². The molecule has 332 valence electrons. The van der Waals surface area contributed by atoms with Gasteiger partial charge in [-0.1, -0.05) is 137 Å². The van der Waals surface area contributed by atoms with Crippen molar-refractivity contribution in [2.24, 2.45) is 0 Å². The molecule has 0 aliphatic heterocycles. The van der Waals surface area contributed by atoms with Crippen molar-refractivity contribution in [3.05, 3.63) is 226 Å². The average Bonchev–Trinajstić information content (AvgIpc) is 3.74. The minimum Gasteiger partial charge on any atom is -0.396 e. The number of rotatable bonds is 12. The van der Waals surface area contributed by atoms with Crippen LogP contribution in [0.2, 0.25) is 0 Å². The van der Waals surface area contributed by atoms with E-state index in [-0.39, 0.29) is 24.0 Å². The molecule has 2 aliphatic carbocycles. The molecule has 6 heteroatoms. The second-order valence-electron chi connectivity index (χ2n) is 18.8. The SMILES string of the molecule is CC1(C)c2ccccc2-c2ccc(N(c3ccc(CCO)cc3)c3ccc(/C(C#N)=C(\C#N)c4ccc(N(c5ccc(CCO)cc5)c5ccc6c(c5)C(C)(C)c5ccccc5-6)cc4)cc3)cc21. The van der Waals surface area contributed by atoms with Crippen LogP contribution in [0.4, 0.5) is 34.1 Å². The van der Waals surface area contributed by atoms with E-state index in [9.17, 15) is 20.7 Å². The normalized spacial score (nSPS) is 13.8. The molecule has 0 amide bonds. The van der Waals surface area contributed by atoms with Crippen LogP contribution in [0.1, 0.15) is 72.2 Å². The predicted octanol–water partition coefficient (Wildman–Crippen LogP) is 14.3. The highest BCUT2D eigenvalue weighted by Gasteiger charge is 2.37. The van der Waals surface area contributed by atoms with Crippen LogP contribution in [0.5, 0.6) is 0 Å². The summed E-state index contributed by atoms with van der Waals surface area (Å²) in [4.78, 5) is 4.44. The van der Waals surface area contributed by atoms with Gasteiger partial charge in [0.1, 0.15) is 12.1 Å². The monoisotopic (exact) mass is 884 g/mol. The van der Waals surface area contributed by atoms with Crippen LogP contribution in [0.15, 0.2) is 182 Å². The van der Waals surface area contributed by atoms with Crippen molar-refractivity contribution in [1.82, 2.24) is 0 Å². The first-order valence-electron chi connectivity index (χ1n) is 23.3.